The number of benzene rings is 3. The second-order valence-corrected chi connectivity index (χ2v) is 21.6. The van der Waals surface area contributed by atoms with Gasteiger partial charge in [-0.3, -0.25) is 52.7 Å². The fourth-order valence-electron chi connectivity index (χ4n) is 9.16. The number of hydrogen-bond acceptors (Lipinski definition) is 15. The lowest BCUT2D eigenvalue weighted by atomic mass is 10.0. The van der Waals surface area contributed by atoms with E-state index < -0.39 is 150 Å². The predicted octanol–water partition coefficient (Wildman–Crippen LogP) is -2.25. The molecule has 2 heterocycles. The lowest BCUT2D eigenvalue weighted by Crippen LogP contribution is -2.62. The molecule has 0 aliphatic heterocycles. The van der Waals surface area contributed by atoms with E-state index in [4.69, 9.17) is 16.6 Å². The number of nitrogens with zero attached hydrogens (tertiary/aromatic N) is 1. The predicted molar refractivity (Wildman–Crippen MR) is 316 cm³/mol. The molecule has 11 atom stereocenters. The Hall–Kier alpha value is -10.0. The van der Waals surface area contributed by atoms with E-state index in [-0.39, 0.29) is 38.0 Å². The fourth-order valence-corrected chi connectivity index (χ4v) is 9.16. The first-order chi connectivity index (χ1) is 41.7. The van der Waals surface area contributed by atoms with E-state index in [0.29, 0.717) is 16.8 Å². The average Bonchev–Trinajstić information content (AvgIpc) is 4.21. The number of amides is 10. The number of carbonyl (C=O) groups excluding carboxylic acids is 10. The number of imidazole rings is 1. The molecule has 5 aromatic rings. The van der Waals surface area contributed by atoms with Gasteiger partial charge < -0.3 is 84.6 Å². The summed E-state index contributed by atoms with van der Waals surface area (Å²) in [6.45, 7) is 6.98. The zero-order valence-corrected chi connectivity index (χ0v) is 49.0. The van der Waals surface area contributed by atoms with Crippen molar-refractivity contribution < 1.29 is 72.9 Å². The molecule has 472 valence electrons. The molecular formula is C59H76N14O15. The van der Waals surface area contributed by atoms with Crippen molar-refractivity contribution in [2.24, 2.45) is 17.4 Å². The van der Waals surface area contributed by atoms with Crippen LogP contribution in [0.4, 0.5) is 0 Å². The molecule has 0 aliphatic rings. The van der Waals surface area contributed by atoms with Gasteiger partial charge in [0.25, 0.3) is 0 Å². The van der Waals surface area contributed by atoms with E-state index in [0.717, 1.165) is 23.4 Å². The van der Waals surface area contributed by atoms with E-state index >= 15 is 0 Å². The molecule has 0 fully saturated rings. The number of hydrogen-bond donors (Lipinski definition) is 16. The molecule has 29 heteroatoms. The van der Waals surface area contributed by atoms with E-state index in [9.17, 15) is 67.7 Å². The number of carbonyl (C=O) groups is 12. The van der Waals surface area contributed by atoms with Crippen molar-refractivity contribution in [2.45, 2.75) is 146 Å². The summed E-state index contributed by atoms with van der Waals surface area (Å²) >= 11 is 0. The van der Waals surface area contributed by atoms with Crippen molar-refractivity contribution in [1.29, 1.82) is 0 Å². The molecule has 0 spiro atoms. The third-order valence-corrected chi connectivity index (χ3v) is 13.8. The zero-order valence-electron chi connectivity index (χ0n) is 49.0. The van der Waals surface area contributed by atoms with Gasteiger partial charge in [-0.25, -0.2) is 9.78 Å². The molecule has 18 N–H and O–H groups in total. The Labute approximate surface area is 505 Å². The number of carboxylic acid groups (broad SMARTS) is 2. The van der Waals surface area contributed by atoms with Gasteiger partial charge in [0.05, 0.1) is 31.3 Å². The topological polar surface area (TPSA) is 470 Å². The number of aliphatic carboxylic acids is 2. The van der Waals surface area contributed by atoms with Gasteiger partial charge in [-0.2, -0.15) is 0 Å². The molecule has 88 heavy (non-hydrogen) atoms. The molecule has 0 saturated carbocycles. The Morgan fingerprint density at radius 1 is 0.500 bits per heavy atom. The normalized spacial score (nSPS) is 14.9. The van der Waals surface area contributed by atoms with Crippen molar-refractivity contribution in [2.75, 3.05) is 0 Å². The van der Waals surface area contributed by atoms with Crippen LogP contribution < -0.4 is 59.3 Å². The highest BCUT2D eigenvalue weighted by molar-refractivity contribution is 6.00. The largest absolute Gasteiger partial charge is 0.481 e. The highest BCUT2D eigenvalue weighted by atomic mass is 16.4. The molecule has 0 bridgehead atoms. The number of para-hydroxylation sites is 1. The van der Waals surface area contributed by atoms with Crippen LogP contribution in [-0.4, -0.2) is 168 Å². The third kappa shape index (κ3) is 21.5. The van der Waals surface area contributed by atoms with Crippen LogP contribution >= 0.6 is 0 Å². The monoisotopic (exact) mass is 1220 g/mol. The minimum Gasteiger partial charge on any atom is -0.481 e. The van der Waals surface area contributed by atoms with Gasteiger partial charge in [-0.15, -0.1) is 0 Å². The van der Waals surface area contributed by atoms with Crippen molar-refractivity contribution in [1.82, 2.24) is 62.8 Å². The van der Waals surface area contributed by atoms with Crippen LogP contribution in [0.2, 0.25) is 0 Å². The van der Waals surface area contributed by atoms with Crippen molar-refractivity contribution >= 4 is 81.9 Å². The quantitative estimate of drug-likeness (QED) is 0.0207. The molecule has 10 amide bonds. The number of aromatic amines is 2. The van der Waals surface area contributed by atoms with Gasteiger partial charge in [0.2, 0.25) is 59.1 Å². The number of nitrogens with one attached hydrogen (secondary N) is 11. The maximum Gasteiger partial charge on any atom is 0.326 e. The van der Waals surface area contributed by atoms with Crippen molar-refractivity contribution in [3.63, 3.8) is 0 Å². The first-order valence-corrected chi connectivity index (χ1v) is 28.2. The van der Waals surface area contributed by atoms with E-state index in [2.05, 4.69) is 57.5 Å². The maximum atomic E-state index is 14.3. The summed E-state index contributed by atoms with van der Waals surface area (Å²) in [5.74, 6) is -13.2. The van der Waals surface area contributed by atoms with Crippen LogP contribution in [0.5, 0.6) is 0 Å². The minimum atomic E-state index is -1.84. The Morgan fingerprint density at radius 2 is 0.966 bits per heavy atom. The van der Waals surface area contributed by atoms with Gasteiger partial charge in [0, 0.05) is 48.3 Å². The third-order valence-electron chi connectivity index (χ3n) is 13.8. The van der Waals surface area contributed by atoms with Crippen molar-refractivity contribution in [3.05, 3.63) is 126 Å². The highest BCUT2D eigenvalue weighted by Gasteiger charge is 2.37. The SMILES string of the molecule is CC(C)C[C@H](NC(=O)[C@H](CC(N)=O)NC(=O)[C@H](Cc1ccccc1)NC(=O)[C@@H](NC(=O)[C@H](C)NC(=O)[C@H](Cc1ccccc1)NC(=O)[C@H](Cc1cnc[nH]1)NC(=O)[C@@H](N)Cc1c[nH]c2ccccc12)[C@@H](C)O)C(=O)N[C@@H](C)C(=O)N[C@@H](CC(=O)O)C(=O)O. The zero-order chi connectivity index (χ0) is 64.8. The van der Waals surface area contributed by atoms with Crippen molar-refractivity contribution in [3.8, 4) is 0 Å². The van der Waals surface area contributed by atoms with Crippen LogP contribution in [0.1, 0.15) is 76.3 Å². The molecule has 0 radical (unpaired) electrons. The van der Waals surface area contributed by atoms with E-state index in [1.165, 1.54) is 26.4 Å². The summed E-state index contributed by atoms with van der Waals surface area (Å²) in [6, 6.07) is 8.98. The lowest BCUT2D eigenvalue weighted by molar-refractivity contribution is -0.147. The number of carboxylic acids is 2. The smallest absolute Gasteiger partial charge is 0.326 e. The first-order valence-electron chi connectivity index (χ1n) is 28.2. The number of primary amides is 1. The number of aliphatic hydroxyl groups is 1. The van der Waals surface area contributed by atoms with Gasteiger partial charge in [-0.05, 0) is 62.3 Å². The molecule has 29 nitrogen and oxygen atoms in total. The van der Waals surface area contributed by atoms with Crippen LogP contribution in [-0.2, 0) is 83.2 Å². The summed E-state index contributed by atoms with van der Waals surface area (Å²) in [4.78, 5) is 170. The number of aromatic nitrogens is 3. The molecule has 0 saturated heterocycles. The Balaban J connectivity index is 1.30. The molecule has 0 aliphatic carbocycles. The van der Waals surface area contributed by atoms with Crippen LogP contribution in [0.15, 0.2) is 104 Å². The Bertz CT molecular complexity index is 3250. The highest BCUT2D eigenvalue weighted by Crippen LogP contribution is 2.19. The van der Waals surface area contributed by atoms with Gasteiger partial charge in [0.15, 0.2) is 0 Å². The Kier molecular flexibility index (Phi) is 25.8. The van der Waals surface area contributed by atoms with Gasteiger partial charge in [0.1, 0.15) is 54.4 Å². The van der Waals surface area contributed by atoms with Crippen LogP contribution in [0.25, 0.3) is 10.9 Å². The van der Waals surface area contributed by atoms with Gasteiger partial charge in [-0.1, -0.05) is 92.7 Å². The summed E-state index contributed by atoms with van der Waals surface area (Å²) < 4.78 is 0. The Morgan fingerprint density at radius 3 is 1.49 bits per heavy atom. The summed E-state index contributed by atoms with van der Waals surface area (Å²) in [6.07, 6.45) is 0.688. The number of aliphatic hydroxyl groups excluding tert-OH is 1. The molecule has 5 rings (SSSR count). The number of fused-ring (bicyclic) bond motifs is 1. The summed E-state index contributed by atoms with van der Waals surface area (Å²) in [5.41, 5.74) is 15.1. The van der Waals surface area contributed by atoms with Crippen LogP contribution in [0, 0.1) is 5.92 Å². The number of nitrogens with two attached hydrogens (primary N) is 2. The minimum absolute atomic E-state index is 0.0781. The molecule has 0 unspecified atom stereocenters. The number of rotatable bonds is 34. The van der Waals surface area contributed by atoms with E-state index in [1.807, 2.05) is 29.6 Å². The fraction of sp³-hybridized carbons (Fsp3) is 0.407. The second-order valence-electron chi connectivity index (χ2n) is 21.6. The first kappa shape index (κ1) is 68.7. The van der Waals surface area contributed by atoms with Gasteiger partial charge >= 0.3 is 11.9 Å². The molecule has 3 aromatic carbocycles. The average molecular weight is 1220 g/mol. The lowest BCUT2D eigenvalue weighted by Gasteiger charge is -2.28. The number of H-pyrrole nitrogens is 2. The standard InChI is InChI=1S/C59H76N14O15/c1-30(2)20-41(53(81)65-31(3)50(78)72-46(59(87)88)26-48(76)77)68-57(85)45(25-47(61)75)70-55(83)43(22-35-16-10-7-11-17-35)71-58(86)49(33(5)74)73-51(79)32(4)66-54(82)42(21-34-14-8-6-9-15-34)69-56(84)44(24-37-28-62-29-64-37)67-52(80)39(60)23-36-27-63-40-19-13-12-18-38(36)40/h6-19,27-33,39,41-46,49,63,74H,20-26,60H2,1-5H3,(H2,61,75)(H,62,64)(H,65,81)(H,66,82)(H,67,80)(H,68,85)(H,69,84)(H,70,83)(H,71,86)(H,72,78)(H,73,79)(H,76,77)(H,87,88)/t31-,32-,33+,39-,41-,42-,43-,44-,45-,46-,49-/m0/s1. The maximum absolute atomic E-state index is 14.3. The molecular weight excluding hydrogens is 1140 g/mol. The summed E-state index contributed by atoms with van der Waals surface area (Å²) in [7, 11) is 0. The molecule has 2 aromatic heterocycles. The summed E-state index contributed by atoms with van der Waals surface area (Å²) in [5, 5.41) is 52.3. The van der Waals surface area contributed by atoms with E-state index in [1.54, 1.807) is 80.7 Å². The second kappa shape index (κ2) is 33.0. The van der Waals surface area contributed by atoms with Crippen LogP contribution in [0.3, 0.4) is 0 Å².